The molecule has 0 saturated heterocycles. The summed E-state index contributed by atoms with van der Waals surface area (Å²) in [6.45, 7) is 0.245. The van der Waals surface area contributed by atoms with Gasteiger partial charge in [0.25, 0.3) is 5.56 Å². The first-order valence-corrected chi connectivity index (χ1v) is 9.31. The molecule has 0 saturated carbocycles. The number of nitrogens with zero attached hydrogens (tertiary/aromatic N) is 2. The van der Waals surface area contributed by atoms with E-state index in [9.17, 15) is 9.59 Å². The molecule has 1 aromatic carbocycles. The van der Waals surface area contributed by atoms with Crippen molar-refractivity contribution in [3.05, 3.63) is 51.4 Å². The van der Waals surface area contributed by atoms with Crippen LogP contribution in [0.25, 0.3) is 10.2 Å². The molecular formula is C19H21N3O4S. The molecule has 0 aliphatic heterocycles. The maximum atomic E-state index is 12.5. The van der Waals surface area contributed by atoms with Crippen molar-refractivity contribution in [2.24, 2.45) is 0 Å². The molecule has 3 rings (SSSR count). The molecule has 0 fully saturated rings. The summed E-state index contributed by atoms with van der Waals surface area (Å²) in [4.78, 5) is 33.3. The van der Waals surface area contributed by atoms with Crippen LogP contribution in [0.4, 0.5) is 0 Å². The Balaban J connectivity index is 1.66. The number of aryl methyl sites for hydroxylation is 1. The Hall–Kier alpha value is -2.87. The predicted molar refractivity (Wildman–Crippen MR) is 105 cm³/mol. The molecule has 0 bridgehead atoms. The Morgan fingerprint density at radius 2 is 2.07 bits per heavy atom. The maximum absolute atomic E-state index is 12.5. The van der Waals surface area contributed by atoms with Crippen LogP contribution in [-0.4, -0.2) is 42.0 Å². The standard InChI is InChI=1S/C19H21N3O4S/c1-22(11-16-20-14-8-9-27-18(14)19(24)21-16)17(23)7-4-12-10-13(25-2)5-6-15(12)26-3/h5-6,8-10H,4,7,11H2,1-3H3,(H,20,21,24). The number of carbonyl (C=O) groups excluding carboxylic acids is 1. The van der Waals surface area contributed by atoms with E-state index in [0.29, 0.717) is 28.9 Å². The number of rotatable bonds is 7. The molecule has 7 nitrogen and oxygen atoms in total. The molecule has 27 heavy (non-hydrogen) atoms. The van der Waals surface area contributed by atoms with Gasteiger partial charge in [0.2, 0.25) is 5.91 Å². The largest absolute Gasteiger partial charge is 0.497 e. The predicted octanol–water partition coefficient (Wildman–Crippen LogP) is 2.59. The number of fused-ring (bicyclic) bond motifs is 1. The third kappa shape index (κ3) is 4.28. The number of aromatic nitrogens is 2. The zero-order valence-corrected chi connectivity index (χ0v) is 16.3. The molecule has 8 heteroatoms. The van der Waals surface area contributed by atoms with Crippen LogP contribution in [0.2, 0.25) is 0 Å². The molecule has 142 valence electrons. The second-order valence-electron chi connectivity index (χ2n) is 6.08. The van der Waals surface area contributed by atoms with Crippen LogP contribution in [0, 0.1) is 0 Å². The van der Waals surface area contributed by atoms with E-state index >= 15 is 0 Å². The number of H-pyrrole nitrogens is 1. The van der Waals surface area contributed by atoms with Gasteiger partial charge < -0.3 is 19.4 Å². The zero-order valence-electron chi connectivity index (χ0n) is 15.4. The van der Waals surface area contributed by atoms with E-state index in [4.69, 9.17) is 9.47 Å². The number of thiophene rings is 1. The van der Waals surface area contributed by atoms with Crippen LogP contribution in [0.5, 0.6) is 11.5 Å². The Labute approximate surface area is 160 Å². The van der Waals surface area contributed by atoms with Crippen LogP contribution >= 0.6 is 11.3 Å². The van der Waals surface area contributed by atoms with Gasteiger partial charge in [-0.25, -0.2) is 4.98 Å². The number of amides is 1. The van der Waals surface area contributed by atoms with Crippen molar-refractivity contribution >= 4 is 27.5 Å². The van der Waals surface area contributed by atoms with Crippen LogP contribution in [-0.2, 0) is 17.8 Å². The SMILES string of the molecule is COc1ccc(OC)c(CCC(=O)N(C)Cc2nc3ccsc3c(=O)[nH]2)c1. The molecule has 2 heterocycles. The monoisotopic (exact) mass is 387 g/mol. The topological polar surface area (TPSA) is 84.5 Å². The van der Waals surface area contributed by atoms with Crippen molar-refractivity contribution in [2.75, 3.05) is 21.3 Å². The molecule has 1 amide bonds. The van der Waals surface area contributed by atoms with E-state index in [2.05, 4.69) is 9.97 Å². The fourth-order valence-electron chi connectivity index (χ4n) is 2.82. The molecule has 0 unspecified atom stereocenters. The average Bonchev–Trinajstić information content (AvgIpc) is 3.14. The Morgan fingerprint density at radius 1 is 1.26 bits per heavy atom. The average molecular weight is 387 g/mol. The highest BCUT2D eigenvalue weighted by Gasteiger charge is 2.14. The van der Waals surface area contributed by atoms with Gasteiger partial charge in [-0.3, -0.25) is 9.59 Å². The minimum Gasteiger partial charge on any atom is -0.497 e. The summed E-state index contributed by atoms with van der Waals surface area (Å²) in [5.74, 6) is 1.87. The summed E-state index contributed by atoms with van der Waals surface area (Å²) in [6.07, 6.45) is 0.835. The number of aromatic amines is 1. The van der Waals surface area contributed by atoms with Gasteiger partial charge in [-0.15, -0.1) is 11.3 Å². The van der Waals surface area contributed by atoms with Gasteiger partial charge in [0.15, 0.2) is 0 Å². The van der Waals surface area contributed by atoms with Crippen molar-refractivity contribution < 1.29 is 14.3 Å². The van der Waals surface area contributed by atoms with Gasteiger partial charge in [-0.2, -0.15) is 0 Å². The van der Waals surface area contributed by atoms with Crippen LogP contribution in [0.15, 0.2) is 34.4 Å². The molecule has 1 N–H and O–H groups in total. The number of ether oxygens (including phenoxy) is 2. The van der Waals surface area contributed by atoms with E-state index in [1.165, 1.54) is 11.3 Å². The molecule has 3 aromatic rings. The van der Waals surface area contributed by atoms with E-state index < -0.39 is 0 Å². The van der Waals surface area contributed by atoms with Gasteiger partial charge in [-0.05, 0) is 41.6 Å². The number of methoxy groups -OCH3 is 2. The molecule has 0 atom stereocenters. The van der Waals surface area contributed by atoms with Gasteiger partial charge >= 0.3 is 0 Å². The molecule has 0 aliphatic rings. The molecule has 0 radical (unpaired) electrons. The summed E-state index contributed by atoms with van der Waals surface area (Å²) in [7, 11) is 4.90. The number of nitrogens with one attached hydrogen (secondary N) is 1. The van der Waals surface area contributed by atoms with Gasteiger partial charge in [0.1, 0.15) is 22.0 Å². The number of benzene rings is 1. The lowest BCUT2D eigenvalue weighted by atomic mass is 10.1. The first-order chi connectivity index (χ1) is 13.0. The summed E-state index contributed by atoms with van der Waals surface area (Å²) in [5, 5.41) is 1.83. The minimum atomic E-state index is -0.174. The third-order valence-electron chi connectivity index (χ3n) is 4.27. The van der Waals surface area contributed by atoms with Gasteiger partial charge in [-0.1, -0.05) is 0 Å². The second kappa shape index (κ2) is 8.22. The lowest BCUT2D eigenvalue weighted by molar-refractivity contribution is -0.130. The van der Waals surface area contributed by atoms with Crippen molar-refractivity contribution in [3.8, 4) is 11.5 Å². The number of hydrogen-bond acceptors (Lipinski definition) is 6. The molecule has 2 aromatic heterocycles. The third-order valence-corrected chi connectivity index (χ3v) is 5.17. The zero-order chi connectivity index (χ0) is 19.4. The fraction of sp³-hybridized carbons (Fsp3) is 0.316. The summed E-state index contributed by atoms with van der Waals surface area (Å²) in [5.41, 5.74) is 1.39. The maximum Gasteiger partial charge on any atom is 0.268 e. The summed E-state index contributed by atoms with van der Waals surface area (Å²) < 4.78 is 11.2. The summed E-state index contributed by atoms with van der Waals surface area (Å²) in [6, 6.07) is 7.32. The molecule has 0 spiro atoms. The minimum absolute atomic E-state index is 0.0482. The van der Waals surface area contributed by atoms with E-state index in [1.54, 1.807) is 32.2 Å². The van der Waals surface area contributed by atoms with Gasteiger partial charge in [0, 0.05) is 13.5 Å². The van der Waals surface area contributed by atoms with Crippen molar-refractivity contribution in [3.63, 3.8) is 0 Å². The number of carbonyl (C=O) groups is 1. The van der Waals surface area contributed by atoms with E-state index in [0.717, 1.165) is 17.1 Å². The van der Waals surface area contributed by atoms with E-state index in [1.807, 2.05) is 23.6 Å². The lowest BCUT2D eigenvalue weighted by Crippen LogP contribution is -2.28. The molecule has 0 aliphatic carbocycles. The van der Waals surface area contributed by atoms with Crippen LogP contribution in [0.3, 0.4) is 0 Å². The Morgan fingerprint density at radius 3 is 2.81 bits per heavy atom. The van der Waals surface area contributed by atoms with Crippen LogP contribution in [0.1, 0.15) is 17.8 Å². The smallest absolute Gasteiger partial charge is 0.268 e. The Bertz CT molecular complexity index is 1010. The van der Waals surface area contributed by atoms with Crippen molar-refractivity contribution in [2.45, 2.75) is 19.4 Å². The fourth-order valence-corrected chi connectivity index (χ4v) is 3.54. The highest BCUT2D eigenvalue weighted by atomic mass is 32.1. The van der Waals surface area contributed by atoms with Crippen molar-refractivity contribution in [1.82, 2.24) is 14.9 Å². The number of hydrogen-bond donors (Lipinski definition) is 1. The summed E-state index contributed by atoms with van der Waals surface area (Å²) >= 11 is 1.35. The highest BCUT2D eigenvalue weighted by Crippen LogP contribution is 2.25. The first-order valence-electron chi connectivity index (χ1n) is 8.43. The van der Waals surface area contributed by atoms with E-state index in [-0.39, 0.29) is 18.0 Å². The van der Waals surface area contributed by atoms with Crippen molar-refractivity contribution in [1.29, 1.82) is 0 Å². The Kier molecular flexibility index (Phi) is 5.75. The quantitative estimate of drug-likeness (QED) is 0.674. The van der Waals surface area contributed by atoms with Crippen LogP contribution < -0.4 is 15.0 Å². The van der Waals surface area contributed by atoms with Gasteiger partial charge in [0.05, 0.1) is 26.3 Å². The second-order valence-corrected chi connectivity index (χ2v) is 6.99. The highest BCUT2D eigenvalue weighted by molar-refractivity contribution is 7.17. The first kappa shape index (κ1) is 18.9. The normalized spacial score (nSPS) is 10.8. The lowest BCUT2D eigenvalue weighted by Gasteiger charge is -2.17. The molecular weight excluding hydrogens is 366 g/mol.